The van der Waals surface area contributed by atoms with Gasteiger partial charge in [0, 0.05) is 9.79 Å². The van der Waals surface area contributed by atoms with Crippen molar-refractivity contribution in [1.29, 1.82) is 5.26 Å². The van der Waals surface area contributed by atoms with E-state index in [0.717, 1.165) is 4.90 Å². The Kier molecular flexibility index (Phi) is 3.23. The fourth-order valence-corrected chi connectivity index (χ4v) is 2.23. The predicted molar refractivity (Wildman–Crippen MR) is 61.7 cm³/mol. The van der Waals surface area contributed by atoms with Gasteiger partial charge in [-0.15, -0.1) is 0 Å². The van der Waals surface area contributed by atoms with Crippen molar-refractivity contribution >= 4 is 11.8 Å². The van der Waals surface area contributed by atoms with Crippen LogP contribution in [-0.2, 0) is 0 Å². The Morgan fingerprint density at radius 3 is 2.50 bits per heavy atom. The third-order valence-electron chi connectivity index (χ3n) is 2.04. The Morgan fingerprint density at radius 1 is 1.06 bits per heavy atom. The van der Waals surface area contributed by atoms with Crippen LogP contribution in [0.3, 0.4) is 0 Å². The van der Waals surface area contributed by atoms with Gasteiger partial charge in [0.1, 0.15) is 11.9 Å². The van der Waals surface area contributed by atoms with Gasteiger partial charge in [-0.1, -0.05) is 30.0 Å². The van der Waals surface area contributed by atoms with E-state index in [4.69, 9.17) is 5.26 Å². The molecule has 0 saturated heterocycles. The molecule has 0 N–H and O–H groups in total. The monoisotopic (exact) mass is 229 g/mol. The molecule has 1 nitrogen and oxygen atoms in total. The van der Waals surface area contributed by atoms with Crippen molar-refractivity contribution in [2.24, 2.45) is 0 Å². The molecule has 0 amide bonds. The molecule has 0 unspecified atom stereocenters. The number of hydrogen-bond donors (Lipinski definition) is 0. The van der Waals surface area contributed by atoms with Crippen LogP contribution in [0.15, 0.2) is 58.3 Å². The minimum absolute atomic E-state index is 0.322. The van der Waals surface area contributed by atoms with Crippen LogP contribution in [-0.4, -0.2) is 0 Å². The Morgan fingerprint density at radius 2 is 1.81 bits per heavy atom. The van der Waals surface area contributed by atoms with Crippen molar-refractivity contribution in [3.63, 3.8) is 0 Å². The molecule has 0 fully saturated rings. The largest absolute Gasteiger partial charge is 0.207 e. The van der Waals surface area contributed by atoms with Crippen LogP contribution in [0, 0.1) is 17.1 Å². The second-order valence-electron chi connectivity index (χ2n) is 3.17. The van der Waals surface area contributed by atoms with E-state index in [2.05, 4.69) is 6.07 Å². The van der Waals surface area contributed by atoms with Crippen molar-refractivity contribution in [1.82, 2.24) is 0 Å². The zero-order chi connectivity index (χ0) is 11.4. The minimum Gasteiger partial charge on any atom is -0.207 e. The third kappa shape index (κ3) is 2.41. The summed E-state index contributed by atoms with van der Waals surface area (Å²) in [6.07, 6.45) is 0. The first-order valence-electron chi connectivity index (χ1n) is 4.72. The van der Waals surface area contributed by atoms with Crippen molar-refractivity contribution in [3.8, 4) is 6.07 Å². The molecule has 3 heteroatoms. The summed E-state index contributed by atoms with van der Waals surface area (Å²) < 4.78 is 13.1. The van der Waals surface area contributed by atoms with Crippen molar-refractivity contribution < 1.29 is 4.39 Å². The molecule has 0 saturated carbocycles. The summed E-state index contributed by atoms with van der Waals surface area (Å²) in [5.41, 5.74) is 0.496. The second-order valence-corrected chi connectivity index (χ2v) is 4.28. The molecular formula is C13H8FNS. The fourth-order valence-electron chi connectivity index (χ4n) is 1.29. The van der Waals surface area contributed by atoms with E-state index in [1.807, 2.05) is 30.3 Å². The Hall–Kier alpha value is -1.79. The lowest BCUT2D eigenvalue weighted by molar-refractivity contribution is 0.624. The molecule has 2 aromatic rings. The van der Waals surface area contributed by atoms with E-state index in [9.17, 15) is 4.39 Å². The summed E-state index contributed by atoms with van der Waals surface area (Å²) in [6, 6.07) is 15.8. The molecule has 2 aromatic carbocycles. The van der Waals surface area contributed by atoms with Gasteiger partial charge in [0.05, 0.1) is 5.56 Å². The van der Waals surface area contributed by atoms with Crippen LogP contribution in [0.25, 0.3) is 0 Å². The van der Waals surface area contributed by atoms with Gasteiger partial charge in [0.2, 0.25) is 0 Å². The molecule has 0 spiro atoms. The van der Waals surface area contributed by atoms with Gasteiger partial charge in [-0.05, 0) is 30.3 Å². The standard InChI is InChI=1S/C13H8FNS/c14-11-7-6-10(9-15)13(8-11)16-12-4-2-1-3-5-12/h1-8H. The highest BCUT2D eigenvalue weighted by molar-refractivity contribution is 7.99. The van der Waals surface area contributed by atoms with Crippen LogP contribution in [0.5, 0.6) is 0 Å². The highest BCUT2D eigenvalue weighted by Gasteiger charge is 2.05. The van der Waals surface area contributed by atoms with E-state index in [-0.39, 0.29) is 5.82 Å². The predicted octanol–water partition coefficient (Wildman–Crippen LogP) is 3.85. The van der Waals surface area contributed by atoms with Gasteiger partial charge >= 0.3 is 0 Å². The highest BCUT2D eigenvalue weighted by atomic mass is 32.2. The molecule has 78 valence electrons. The van der Waals surface area contributed by atoms with Crippen molar-refractivity contribution in [2.75, 3.05) is 0 Å². The lowest BCUT2D eigenvalue weighted by Gasteiger charge is -2.03. The summed E-state index contributed by atoms with van der Waals surface area (Å²) >= 11 is 1.39. The van der Waals surface area contributed by atoms with Gasteiger partial charge in [-0.3, -0.25) is 0 Å². The molecule has 0 aliphatic heterocycles. The van der Waals surface area contributed by atoms with Crippen LogP contribution in [0.1, 0.15) is 5.56 Å². The Balaban J connectivity index is 2.35. The number of benzene rings is 2. The molecule has 0 heterocycles. The number of hydrogen-bond acceptors (Lipinski definition) is 2. The first kappa shape index (κ1) is 10.7. The lowest BCUT2D eigenvalue weighted by Crippen LogP contribution is -1.83. The molecule has 0 atom stereocenters. The average molecular weight is 229 g/mol. The van der Waals surface area contributed by atoms with E-state index >= 15 is 0 Å². The van der Waals surface area contributed by atoms with Crippen LogP contribution in [0.2, 0.25) is 0 Å². The summed E-state index contributed by atoms with van der Waals surface area (Å²) in [7, 11) is 0. The van der Waals surface area contributed by atoms with Crippen molar-refractivity contribution in [3.05, 3.63) is 59.9 Å². The second kappa shape index (κ2) is 4.82. The van der Waals surface area contributed by atoms with Crippen LogP contribution in [0.4, 0.5) is 4.39 Å². The van der Waals surface area contributed by atoms with Gasteiger partial charge in [0.25, 0.3) is 0 Å². The van der Waals surface area contributed by atoms with Crippen LogP contribution < -0.4 is 0 Å². The molecule has 16 heavy (non-hydrogen) atoms. The summed E-state index contributed by atoms with van der Waals surface area (Å²) in [5, 5.41) is 8.90. The molecule has 0 aliphatic carbocycles. The molecule has 0 bridgehead atoms. The topological polar surface area (TPSA) is 23.8 Å². The SMILES string of the molecule is N#Cc1ccc(F)cc1Sc1ccccc1. The highest BCUT2D eigenvalue weighted by Crippen LogP contribution is 2.30. The summed E-state index contributed by atoms with van der Waals surface area (Å²) in [4.78, 5) is 1.64. The number of nitriles is 1. The van der Waals surface area contributed by atoms with E-state index < -0.39 is 0 Å². The first-order valence-corrected chi connectivity index (χ1v) is 5.54. The van der Waals surface area contributed by atoms with E-state index in [0.29, 0.717) is 10.5 Å². The van der Waals surface area contributed by atoms with E-state index in [1.54, 1.807) is 0 Å². The molecular weight excluding hydrogens is 221 g/mol. The Bertz CT molecular complexity index is 531. The average Bonchev–Trinajstić information content (AvgIpc) is 2.31. The number of rotatable bonds is 2. The first-order chi connectivity index (χ1) is 7.79. The zero-order valence-corrected chi connectivity index (χ0v) is 9.17. The molecule has 0 aromatic heterocycles. The summed E-state index contributed by atoms with van der Waals surface area (Å²) in [5.74, 6) is -0.322. The van der Waals surface area contributed by atoms with E-state index in [1.165, 1.54) is 30.0 Å². The van der Waals surface area contributed by atoms with Gasteiger partial charge in [-0.25, -0.2) is 4.39 Å². The number of nitrogens with zero attached hydrogens (tertiary/aromatic N) is 1. The molecule has 2 rings (SSSR count). The van der Waals surface area contributed by atoms with Crippen molar-refractivity contribution in [2.45, 2.75) is 9.79 Å². The number of halogens is 1. The third-order valence-corrected chi connectivity index (χ3v) is 3.10. The molecule has 0 radical (unpaired) electrons. The normalized spacial score (nSPS) is 9.75. The maximum atomic E-state index is 13.1. The minimum atomic E-state index is -0.322. The van der Waals surface area contributed by atoms with Crippen LogP contribution >= 0.6 is 11.8 Å². The summed E-state index contributed by atoms with van der Waals surface area (Å²) in [6.45, 7) is 0. The quantitative estimate of drug-likeness (QED) is 0.781. The maximum Gasteiger partial charge on any atom is 0.124 e. The van der Waals surface area contributed by atoms with Gasteiger partial charge in [0.15, 0.2) is 0 Å². The maximum absolute atomic E-state index is 13.1. The van der Waals surface area contributed by atoms with Gasteiger partial charge in [-0.2, -0.15) is 5.26 Å². The molecule has 0 aliphatic rings. The smallest absolute Gasteiger partial charge is 0.124 e. The Labute approximate surface area is 97.5 Å². The van der Waals surface area contributed by atoms with Gasteiger partial charge < -0.3 is 0 Å². The zero-order valence-electron chi connectivity index (χ0n) is 8.35. The fraction of sp³-hybridized carbons (Fsp3) is 0. The lowest BCUT2D eigenvalue weighted by atomic mass is 10.2.